The maximum absolute atomic E-state index is 13.2. The number of aromatic nitrogens is 2. The van der Waals surface area contributed by atoms with Gasteiger partial charge in [-0.3, -0.25) is 9.59 Å². The van der Waals surface area contributed by atoms with Crippen molar-refractivity contribution in [2.24, 2.45) is 5.92 Å². The van der Waals surface area contributed by atoms with E-state index in [1.165, 1.54) is 35.0 Å². The van der Waals surface area contributed by atoms with Crippen molar-refractivity contribution in [2.75, 3.05) is 18.0 Å². The Balaban J connectivity index is 1.45. The van der Waals surface area contributed by atoms with Crippen LogP contribution in [0.2, 0.25) is 5.02 Å². The van der Waals surface area contributed by atoms with Crippen molar-refractivity contribution >= 4 is 23.3 Å². The molecule has 1 aliphatic heterocycles. The van der Waals surface area contributed by atoms with Gasteiger partial charge in [0.05, 0.1) is 11.6 Å². The smallest absolute Gasteiger partial charge is 0.271 e. The summed E-state index contributed by atoms with van der Waals surface area (Å²) >= 11 is 6.00. The second kappa shape index (κ2) is 9.31. The monoisotopic (exact) mass is 440 g/mol. The minimum atomic E-state index is -0.379. The van der Waals surface area contributed by atoms with Crippen LogP contribution in [0.1, 0.15) is 18.4 Å². The molecular weight excluding hydrogens is 419 g/mol. The molecule has 2 heterocycles. The lowest BCUT2D eigenvalue weighted by Gasteiger charge is -2.33. The average Bonchev–Trinajstić information content (AvgIpc) is 2.79. The fourth-order valence-corrected chi connectivity index (χ4v) is 3.93. The molecule has 1 atom stereocenters. The maximum Gasteiger partial charge on any atom is 0.271 e. The number of nitrogens with zero attached hydrogens (tertiary/aromatic N) is 3. The normalized spacial score (nSPS) is 16.2. The highest BCUT2D eigenvalue weighted by molar-refractivity contribution is 6.30. The van der Waals surface area contributed by atoms with Crippen LogP contribution in [0.15, 0.2) is 65.5 Å². The fourth-order valence-electron chi connectivity index (χ4n) is 3.72. The number of piperidine rings is 1. The standard InChI is InChI=1S/C23H22ClFN4O2/c24-18-5-1-3-16(13-18)14-26-23(31)17-4-2-12-28(15-17)21-10-11-22(30)29(27-21)20-8-6-19(25)7-9-20/h1,3,5-11,13,17H,2,4,12,14-15H2,(H,26,31)/t17-/m0/s1. The van der Waals surface area contributed by atoms with Crippen LogP contribution in [-0.4, -0.2) is 28.8 Å². The number of anilines is 1. The summed E-state index contributed by atoms with van der Waals surface area (Å²) in [6.45, 7) is 1.67. The van der Waals surface area contributed by atoms with Gasteiger partial charge >= 0.3 is 0 Å². The van der Waals surface area contributed by atoms with Gasteiger partial charge < -0.3 is 10.2 Å². The van der Waals surface area contributed by atoms with Crippen molar-refractivity contribution in [3.63, 3.8) is 0 Å². The highest BCUT2D eigenvalue weighted by atomic mass is 35.5. The summed E-state index contributed by atoms with van der Waals surface area (Å²) in [6.07, 6.45) is 1.63. The second-order valence-electron chi connectivity index (χ2n) is 7.55. The Labute approximate surface area is 184 Å². The molecule has 1 fully saturated rings. The number of amides is 1. The zero-order valence-corrected chi connectivity index (χ0v) is 17.6. The number of halogens is 2. The molecule has 0 bridgehead atoms. The van der Waals surface area contributed by atoms with Crippen LogP contribution in [0, 0.1) is 11.7 Å². The van der Waals surface area contributed by atoms with Crippen molar-refractivity contribution < 1.29 is 9.18 Å². The molecule has 1 aromatic heterocycles. The van der Waals surface area contributed by atoms with E-state index in [1.54, 1.807) is 12.1 Å². The van der Waals surface area contributed by atoms with Crippen molar-refractivity contribution in [1.29, 1.82) is 0 Å². The number of nitrogens with one attached hydrogen (secondary N) is 1. The molecule has 0 saturated carbocycles. The first-order valence-corrected chi connectivity index (χ1v) is 10.5. The minimum Gasteiger partial charge on any atom is -0.354 e. The van der Waals surface area contributed by atoms with Crippen LogP contribution in [0.4, 0.5) is 10.2 Å². The molecule has 1 amide bonds. The van der Waals surface area contributed by atoms with E-state index in [-0.39, 0.29) is 23.2 Å². The van der Waals surface area contributed by atoms with E-state index in [1.807, 2.05) is 23.1 Å². The molecule has 31 heavy (non-hydrogen) atoms. The predicted molar refractivity (Wildman–Crippen MR) is 118 cm³/mol. The van der Waals surface area contributed by atoms with Gasteiger partial charge in [0.15, 0.2) is 0 Å². The van der Waals surface area contributed by atoms with Crippen LogP contribution in [0.3, 0.4) is 0 Å². The van der Waals surface area contributed by atoms with E-state index in [9.17, 15) is 14.0 Å². The molecule has 3 aromatic rings. The third kappa shape index (κ3) is 5.11. The largest absolute Gasteiger partial charge is 0.354 e. The van der Waals surface area contributed by atoms with Crippen LogP contribution >= 0.6 is 11.6 Å². The van der Waals surface area contributed by atoms with E-state index < -0.39 is 0 Å². The lowest BCUT2D eigenvalue weighted by atomic mass is 9.97. The Morgan fingerprint density at radius 1 is 1.16 bits per heavy atom. The van der Waals surface area contributed by atoms with Crippen LogP contribution in [0.25, 0.3) is 5.69 Å². The lowest BCUT2D eigenvalue weighted by molar-refractivity contribution is -0.125. The molecule has 1 N–H and O–H groups in total. The van der Waals surface area contributed by atoms with Gasteiger partial charge in [0.1, 0.15) is 11.6 Å². The fraction of sp³-hybridized carbons (Fsp3) is 0.261. The number of carbonyl (C=O) groups excluding carboxylic acids is 1. The van der Waals surface area contributed by atoms with Crippen molar-refractivity contribution in [1.82, 2.24) is 15.1 Å². The zero-order valence-electron chi connectivity index (χ0n) is 16.8. The summed E-state index contributed by atoms with van der Waals surface area (Å²) in [5, 5.41) is 8.08. The van der Waals surface area contributed by atoms with Gasteiger partial charge in [0.25, 0.3) is 5.56 Å². The Kier molecular flexibility index (Phi) is 6.32. The molecule has 0 aliphatic carbocycles. The first kappa shape index (κ1) is 21.1. The summed E-state index contributed by atoms with van der Waals surface area (Å²) in [7, 11) is 0. The predicted octanol–water partition coefficient (Wildman–Crippen LogP) is 3.56. The molecule has 8 heteroatoms. The Hall–Kier alpha value is -3.19. The molecule has 1 saturated heterocycles. The SMILES string of the molecule is O=C(NCc1cccc(Cl)c1)[C@H]1CCCN(c2ccc(=O)n(-c3ccc(F)cc3)n2)C1. The summed E-state index contributed by atoms with van der Waals surface area (Å²) < 4.78 is 14.5. The average molecular weight is 441 g/mol. The number of carbonyl (C=O) groups is 1. The zero-order chi connectivity index (χ0) is 21.8. The molecular formula is C23H22ClFN4O2. The summed E-state index contributed by atoms with van der Waals surface area (Å²) in [6, 6.07) is 16.1. The van der Waals surface area contributed by atoms with Crippen LogP contribution in [0.5, 0.6) is 0 Å². The molecule has 1 aliphatic rings. The van der Waals surface area contributed by atoms with E-state index in [0.29, 0.717) is 29.6 Å². The highest BCUT2D eigenvalue weighted by Crippen LogP contribution is 2.22. The Bertz CT molecular complexity index is 1130. The van der Waals surface area contributed by atoms with E-state index in [0.717, 1.165) is 24.9 Å². The van der Waals surface area contributed by atoms with Gasteiger partial charge in [-0.15, -0.1) is 5.10 Å². The number of hydrogen-bond donors (Lipinski definition) is 1. The topological polar surface area (TPSA) is 67.2 Å². The maximum atomic E-state index is 13.2. The summed E-state index contributed by atoms with van der Waals surface area (Å²) in [5.41, 5.74) is 1.13. The van der Waals surface area contributed by atoms with Gasteiger partial charge in [0.2, 0.25) is 5.91 Å². The van der Waals surface area contributed by atoms with E-state index in [2.05, 4.69) is 10.4 Å². The van der Waals surface area contributed by atoms with Gasteiger partial charge in [-0.05, 0) is 60.9 Å². The van der Waals surface area contributed by atoms with Gasteiger partial charge in [-0.25, -0.2) is 4.39 Å². The molecule has 4 rings (SSSR count). The van der Waals surface area contributed by atoms with Crippen LogP contribution in [-0.2, 0) is 11.3 Å². The second-order valence-corrected chi connectivity index (χ2v) is 7.99. The van der Waals surface area contributed by atoms with E-state index >= 15 is 0 Å². The Morgan fingerprint density at radius 3 is 2.74 bits per heavy atom. The first-order chi connectivity index (χ1) is 15.0. The lowest BCUT2D eigenvalue weighted by Crippen LogP contribution is -2.43. The highest BCUT2D eigenvalue weighted by Gasteiger charge is 2.26. The number of rotatable bonds is 5. The minimum absolute atomic E-state index is 0.0171. The molecule has 2 aromatic carbocycles. The quantitative estimate of drug-likeness (QED) is 0.658. The third-order valence-electron chi connectivity index (χ3n) is 5.33. The molecule has 160 valence electrons. The third-order valence-corrected chi connectivity index (χ3v) is 5.56. The molecule has 6 nitrogen and oxygen atoms in total. The molecule has 0 spiro atoms. The first-order valence-electron chi connectivity index (χ1n) is 10.1. The number of benzene rings is 2. The molecule has 0 radical (unpaired) electrons. The van der Waals surface area contributed by atoms with Gasteiger partial charge in [-0.1, -0.05) is 23.7 Å². The summed E-state index contributed by atoms with van der Waals surface area (Å²) in [4.78, 5) is 27.0. The molecule has 0 unspecified atom stereocenters. The van der Waals surface area contributed by atoms with Crippen molar-refractivity contribution in [3.05, 3.63) is 87.4 Å². The van der Waals surface area contributed by atoms with E-state index in [4.69, 9.17) is 11.6 Å². The number of hydrogen-bond acceptors (Lipinski definition) is 4. The van der Waals surface area contributed by atoms with Crippen LogP contribution < -0.4 is 15.8 Å². The van der Waals surface area contributed by atoms with Gasteiger partial charge in [0, 0.05) is 30.7 Å². The Morgan fingerprint density at radius 2 is 1.97 bits per heavy atom. The van der Waals surface area contributed by atoms with Crippen molar-refractivity contribution in [2.45, 2.75) is 19.4 Å². The van der Waals surface area contributed by atoms with Gasteiger partial charge in [-0.2, -0.15) is 4.68 Å². The van der Waals surface area contributed by atoms with Crippen molar-refractivity contribution in [3.8, 4) is 5.69 Å². The summed E-state index contributed by atoms with van der Waals surface area (Å²) in [5.74, 6) is 0.0318.